The average molecular weight is 456 g/mol. The fraction of sp³-hybridized carbons (Fsp3) is 0.423. The van der Waals surface area contributed by atoms with Gasteiger partial charge in [-0.25, -0.2) is 4.79 Å². The lowest BCUT2D eigenvalue weighted by molar-refractivity contribution is -0.142. The van der Waals surface area contributed by atoms with Crippen molar-refractivity contribution in [2.45, 2.75) is 53.4 Å². The number of carboxylic acids is 1. The molecule has 2 aromatic carbocycles. The minimum absolute atomic E-state index is 0.153. The van der Waals surface area contributed by atoms with Crippen molar-refractivity contribution in [2.24, 2.45) is 16.3 Å². The number of aliphatic carboxylic acids is 1. The van der Waals surface area contributed by atoms with Crippen LogP contribution in [0.15, 0.2) is 47.6 Å². The van der Waals surface area contributed by atoms with E-state index in [0.29, 0.717) is 18.7 Å². The molecule has 178 valence electrons. The standard InChI is InChI=1S/C26H34N2O5/c1-18-6-7-19(2)23(14-18)32-13-5-12-26(4,20(3)28-33-17-25(30)31)16-22-10-8-21(9-11-22)15-24(27)29/h6-11,14H,5,12-13,15-17H2,1-4H3,(H2,27,29)(H,30,31)/b28-20+/i/hD. The number of nitrogens with two attached hydrogens (primary N) is 1. The molecule has 0 saturated carbocycles. The second kappa shape index (κ2) is 12.0. The highest BCUT2D eigenvalue weighted by Crippen LogP contribution is 2.31. The maximum atomic E-state index is 11.4. The topological polar surface area (TPSA) is 111 Å². The summed E-state index contributed by atoms with van der Waals surface area (Å²) in [6.45, 7) is 8.04. The highest BCUT2D eigenvalue weighted by Gasteiger charge is 2.29. The smallest absolute Gasteiger partial charge is 0.344 e. The molecule has 0 heterocycles. The van der Waals surface area contributed by atoms with E-state index in [9.17, 15) is 9.59 Å². The summed E-state index contributed by atoms with van der Waals surface area (Å²) in [4.78, 5) is 27.3. The molecule has 1 amide bonds. The summed E-state index contributed by atoms with van der Waals surface area (Å²) in [6.07, 6.45) is 2.34. The number of carbonyl (C=O) groups excluding carboxylic acids is 1. The zero-order valence-electron chi connectivity index (χ0n) is 20.8. The van der Waals surface area contributed by atoms with E-state index >= 15 is 0 Å². The van der Waals surface area contributed by atoms with Crippen molar-refractivity contribution in [3.8, 4) is 5.75 Å². The van der Waals surface area contributed by atoms with Crippen molar-refractivity contribution in [2.75, 3.05) is 13.2 Å². The molecule has 3 N–H and O–H groups in total. The van der Waals surface area contributed by atoms with Crippen LogP contribution >= 0.6 is 0 Å². The Bertz CT molecular complexity index is 1010. The second-order valence-corrected chi connectivity index (χ2v) is 8.72. The Labute approximate surface area is 197 Å². The van der Waals surface area contributed by atoms with Gasteiger partial charge in [-0.05, 0) is 68.4 Å². The first-order chi connectivity index (χ1) is 16.1. The monoisotopic (exact) mass is 455 g/mol. The van der Waals surface area contributed by atoms with Gasteiger partial charge < -0.3 is 20.4 Å². The molecule has 2 rings (SSSR count). The molecular formula is C26H34N2O5. The summed E-state index contributed by atoms with van der Waals surface area (Å²) in [5, 5.41) is 12.9. The first-order valence-electron chi connectivity index (χ1n) is 11.5. The Balaban J connectivity index is 2.09. The van der Waals surface area contributed by atoms with Crippen molar-refractivity contribution in [1.82, 2.24) is 0 Å². The van der Waals surface area contributed by atoms with E-state index in [2.05, 4.69) is 18.1 Å². The van der Waals surface area contributed by atoms with Crippen LogP contribution in [0.3, 0.4) is 0 Å². The molecule has 7 nitrogen and oxygen atoms in total. The molecule has 0 fully saturated rings. The lowest BCUT2D eigenvalue weighted by Gasteiger charge is -2.29. The van der Waals surface area contributed by atoms with E-state index in [-0.39, 0.29) is 17.7 Å². The molecule has 0 saturated heterocycles. The Morgan fingerprint density at radius 2 is 1.85 bits per heavy atom. The van der Waals surface area contributed by atoms with Gasteiger partial charge in [0.25, 0.3) is 0 Å². The third-order valence-corrected chi connectivity index (χ3v) is 5.72. The number of hydrogen-bond donors (Lipinski definition) is 2. The first kappa shape index (κ1) is 24.3. The Morgan fingerprint density at radius 1 is 1.15 bits per heavy atom. The quantitative estimate of drug-likeness (QED) is 0.267. The molecule has 1 atom stereocenters. The number of primary amides is 1. The van der Waals surface area contributed by atoms with E-state index < -0.39 is 12.6 Å². The predicted molar refractivity (Wildman–Crippen MR) is 128 cm³/mol. The van der Waals surface area contributed by atoms with E-state index in [0.717, 1.165) is 40.8 Å². The van der Waals surface area contributed by atoms with Gasteiger partial charge in [-0.3, -0.25) is 4.79 Å². The maximum absolute atomic E-state index is 11.4. The number of aryl methyl sites for hydroxylation is 2. The molecule has 0 aliphatic rings. The highest BCUT2D eigenvalue weighted by atomic mass is 16.6. The molecule has 0 radical (unpaired) electrons. The van der Waals surface area contributed by atoms with Gasteiger partial charge in [0.2, 0.25) is 12.5 Å². The highest BCUT2D eigenvalue weighted by molar-refractivity contribution is 5.87. The van der Waals surface area contributed by atoms with E-state index in [1.54, 1.807) is 0 Å². The zero-order valence-corrected chi connectivity index (χ0v) is 19.8. The van der Waals surface area contributed by atoms with Crippen molar-refractivity contribution in [3.05, 3.63) is 64.7 Å². The predicted octanol–water partition coefficient (Wildman–Crippen LogP) is 4.22. The number of rotatable bonds is 13. The summed E-state index contributed by atoms with van der Waals surface area (Å²) in [7, 11) is 0. The Kier molecular flexibility index (Phi) is 8.87. The molecule has 7 heteroatoms. The lowest BCUT2D eigenvalue weighted by Crippen LogP contribution is -2.29. The molecule has 0 spiro atoms. The molecule has 0 aromatic heterocycles. The van der Waals surface area contributed by atoms with Crippen molar-refractivity contribution >= 4 is 17.6 Å². The number of carbonyl (C=O) groups is 2. The normalized spacial score (nSPS) is 13.6. The number of nitrogens with zero attached hydrogens (tertiary/aromatic N) is 1. The van der Waals surface area contributed by atoms with Crippen LogP contribution in [0.2, 0.25) is 1.41 Å². The van der Waals surface area contributed by atoms with Gasteiger partial charge >= 0.3 is 5.97 Å². The van der Waals surface area contributed by atoms with Gasteiger partial charge in [0.05, 0.1) is 18.7 Å². The Morgan fingerprint density at radius 3 is 2.52 bits per heavy atom. The van der Waals surface area contributed by atoms with E-state index in [1.807, 2.05) is 62.9 Å². The minimum Gasteiger partial charge on any atom is -0.493 e. The van der Waals surface area contributed by atoms with Gasteiger partial charge in [0, 0.05) is 5.41 Å². The molecule has 2 aromatic rings. The third-order valence-electron chi connectivity index (χ3n) is 5.72. The second-order valence-electron chi connectivity index (χ2n) is 8.72. The molecule has 0 aliphatic heterocycles. The van der Waals surface area contributed by atoms with Gasteiger partial charge in [0.15, 0.2) is 1.41 Å². The van der Waals surface area contributed by atoms with Crippen LogP contribution in [0.4, 0.5) is 0 Å². The molecule has 1 unspecified atom stereocenters. The summed E-state index contributed by atoms with van der Waals surface area (Å²) in [5.74, 6) is -0.559. The SMILES string of the molecule is [2H]NC(=O)Cc1ccc(CC(C)(CCCOc2cc(C)ccc2C)/C(C)=N/OCC(=O)O)cc1. The number of carboxylic acid groups (broad SMARTS) is 1. The van der Waals surface area contributed by atoms with Crippen LogP contribution in [0.1, 0.15) is 48.9 Å². The molecular weight excluding hydrogens is 420 g/mol. The lowest BCUT2D eigenvalue weighted by atomic mass is 9.76. The number of ether oxygens (including phenoxy) is 1. The minimum atomic E-state index is -1.08. The largest absolute Gasteiger partial charge is 0.493 e. The zero-order chi connectivity index (χ0) is 25.1. The maximum Gasteiger partial charge on any atom is 0.344 e. The van der Waals surface area contributed by atoms with E-state index in [4.69, 9.17) is 16.1 Å². The summed E-state index contributed by atoms with van der Waals surface area (Å²) in [6, 6.07) is 13.8. The third kappa shape index (κ3) is 8.60. The fourth-order valence-corrected chi connectivity index (χ4v) is 3.61. The van der Waals surface area contributed by atoms with Crippen molar-refractivity contribution < 1.29 is 25.7 Å². The van der Waals surface area contributed by atoms with Crippen molar-refractivity contribution in [1.29, 1.82) is 0 Å². The average Bonchev–Trinajstić information content (AvgIpc) is 2.79. The number of hydrogen-bond acceptors (Lipinski definition) is 5. The van der Waals surface area contributed by atoms with Crippen LogP contribution in [0, 0.1) is 19.3 Å². The van der Waals surface area contributed by atoms with Gasteiger partial charge in [0.1, 0.15) is 5.75 Å². The summed E-state index contributed by atoms with van der Waals surface area (Å²) >= 11 is 0. The summed E-state index contributed by atoms with van der Waals surface area (Å²) < 4.78 is 13.0. The molecule has 33 heavy (non-hydrogen) atoms. The number of benzene rings is 2. The van der Waals surface area contributed by atoms with Crippen LogP contribution in [-0.2, 0) is 27.3 Å². The van der Waals surface area contributed by atoms with Crippen LogP contribution in [0.5, 0.6) is 5.75 Å². The summed E-state index contributed by atoms with van der Waals surface area (Å²) in [5.41, 5.74) is 6.32. The Hall–Kier alpha value is -3.35. The fourth-order valence-electron chi connectivity index (χ4n) is 3.61. The van der Waals surface area contributed by atoms with Crippen molar-refractivity contribution in [3.63, 3.8) is 0 Å². The van der Waals surface area contributed by atoms with Gasteiger partial charge in [-0.1, -0.05) is 48.5 Å². The van der Waals surface area contributed by atoms with Crippen LogP contribution < -0.4 is 10.5 Å². The van der Waals surface area contributed by atoms with Crippen LogP contribution in [0.25, 0.3) is 0 Å². The molecule has 0 aliphatic carbocycles. The number of amides is 1. The first-order valence-corrected chi connectivity index (χ1v) is 11.0. The van der Waals surface area contributed by atoms with E-state index in [1.165, 1.54) is 0 Å². The van der Waals surface area contributed by atoms with Crippen LogP contribution in [-0.4, -0.2) is 35.9 Å². The van der Waals surface area contributed by atoms with Gasteiger partial charge in [-0.2, -0.15) is 0 Å². The molecule has 0 bridgehead atoms. The number of oxime groups is 1. The van der Waals surface area contributed by atoms with Gasteiger partial charge in [-0.15, -0.1) is 0 Å².